The van der Waals surface area contributed by atoms with Crippen molar-refractivity contribution < 1.29 is 0 Å². The van der Waals surface area contributed by atoms with Gasteiger partial charge in [0.15, 0.2) is 0 Å². The first-order chi connectivity index (χ1) is 12.2. The topological polar surface area (TPSA) is 57.4 Å². The maximum absolute atomic E-state index is 4.68. The van der Waals surface area contributed by atoms with Gasteiger partial charge in [0.2, 0.25) is 0 Å². The van der Waals surface area contributed by atoms with E-state index in [1.165, 1.54) is 0 Å². The second-order valence-electron chi connectivity index (χ2n) is 6.21. The number of nitrogens with zero attached hydrogens (tertiary/aromatic N) is 2. The molecule has 0 radical (unpaired) electrons. The van der Waals surface area contributed by atoms with E-state index in [1.54, 1.807) is 0 Å². The summed E-state index contributed by atoms with van der Waals surface area (Å²) in [5.74, 6) is 1.82. The molecule has 2 aromatic carbocycles. The highest BCUT2D eigenvalue weighted by atomic mass is 15.0. The molecule has 25 heavy (non-hydrogen) atoms. The second-order valence-corrected chi connectivity index (χ2v) is 6.21. The summed E-state index contributed by atoms with van der Waals surface area (Å²) < 4.78 is 0. The number of benzene rings is 2. The van der Waals surface area contributed by atoms with Crippen molar-refractivity contribution in [1.29, 1.82) is 0 Å². The van der Waals surface area contributed by atoms with Gasteiger partial charge in [-0.15, -0.1) is 0 Å². The van der Waals surface area contributed by atoms with Gasteiger partial charge in [0.05, 0.1) is 11.4 Å². The lowest BCUT2D eigenvalue weighted by molar-refractivity contribution is 1.02. The van der Waals surface area contributed by atoms with Crippen LogP contribution in [-0.2, 0) is 6.42 Å². The predicted octanol–water partition coefficient (Wildman–Crippen LogP) is 4.67. The summed E-state index contributed by atoms with van der Waals surface area (Å²) in [6.07, 6.45) is 0.761. The molecule has 0 unspecified atom stereocenters. The Hall–Kier alpha value is -3.14. The number of H-pyrrole nitrogens is 2. The average molecular weight is 328 g/mol. The molecule has 2 N–H and O–H groups in total. The van der Waals surface area contributed by atoms with Crippen LogP contribution in [0.2, 0.25) is 0 Å². The predicted molar refractivity (Wildman–Crippen MR) is 100 cm³/mol. The van der Waals surface area contributed by atoms with Crippen molar-refractivity contribution in [2.45, 2.75) is 20.3 Å². The van der Waals surface area contributed by atoms with Crippen LogP contribution in [0.25, 0.3) is 22.8 Å². The Labute approximate surface area is 147 Å². The SMILES string of the molecule is Cc1nc(-c2ccccc2)[nH]c1Cc1[nH]c(-c2ccccc2)nc1C. The minimum absolute atomic E-state index is 0.761. The molecule has 0 fully saturated rings. The Morgan fingerprint density at radius 1 is 0.640 bits per heavy atom. The quantitative estimate of drug-likeness (QED) is 0.572. The summed E-state index contributed by atoms with van der Waals surface area (Å²) >= 11 is 0. The zero-order valence-corrected chi connectivity index (χ0v) is 14.4. The van der Waals surface area contributed by atoms with Crippen molar-refractivity contribution in [3.8, 4) is 22.8 Å². The second kappa shape index (κ2) is 6.40. The molecule has 2 heterocycles. The lowest BCUT2D eigenvalue weighted by Crippen LogP contribution is -1.94. The zero-order valence-electron chi connectivity index (χ0n) is 14.4. The monoisotopic (exact) mass is 328 g/mol. The van der Waals surface area contributed by atoms with E-state index in [2.05, 4.69) is 44.2 Å². The van der Waals surface area contributed by atoms with E-state index in [4.69, 9.17) is 0 Å². The van der Waals surface area contributed by atoms with Gasteiger partial charge in [-0.3, -0.25) is 0 Å². The first kappa shape index (κ1) is 15.4. The van der Waals surface area contributed by atoms with E-state index >= 15 is 0 Å². The first-order valence-corrected chi connectivity index (χ1v) is 8.42. The van der Waals surface area contributed by atoms with Gasteiger partial charge in [-0.25, -0.2) is 9.97 Å². The number of aromatic amines is 2. The van der Waals surface area contributed by atoms with E-state index in [9.17, 15) is 0 Å². The first-order valence-electron chi connectivity index (χ1n) is 8.42. The Balaban J connectivity index is 1.63. The molecule has 0 atom stereocenters. The number of hydrogen-bond acceptors (Lipinski definition) is 2. The number of rotatable bonds is 4. The van der Waals surface area contributed by atoms with E-state index < -0.39 is 0 Å². The van der Waals surface area contributed by atoms with Crippen molar-refractivity contribution in [2.24, 2.45) is 0 Å². The fraction of sp³-hybridized carbons (Fsp3) is 0.143. The molecule has 0 bridgehead atoms. The lowest BCUT2D eigenvalue weighted by Gasteiger charge is -1.99. The van der Waals surface area contributed by atoms with Crippen molar-refractivity contribution in [3.05, 3.63) is 83.4 Å². The van der Waals surface area contributed by atoms with Crippen LogP contribution < -0.4 is 0 Å². The maximum Gasteiger partial charge on any atom is 0.137 e. The number of nitrogens with one attached hydrogen (secondary N) is 2. The standard InChI is InChI=1S/C21H20N4/c1-14-18(24-20(22-14)16-9-5-3-6-10-16)13-19-15(2)23-21(25-19)17-11-7-4-8-12-17/h3-12H,13H2,1-2H3,(H,22,24)(H,23,25). The van der Waals surface area contributed by atoms with Gasteiger partial charge in [-0.1, -0.05) is 60.7 Å². The fourth-order valence-corrected chi connectivity index (χ4v) is 2.98. The third kappa shape index (κ3) is 3.11. The van der Waals surface area contributed by atoms with Crippen LogP contribution in [0.5, 0.6) is 0 Å². The van der Waals surface area contributed by atoms with Gasteiger partial charge >= 0.3 is 0 Å². The largest absolute Gasteiger partial charge is 0.341 e. The molecule has 4 nitrogen and oxygen atoms in total. The van der Waals surface area contributed by atoms with Crippen LogP contribution in [0.1, 0.15) is 22.8 Å². The van der Waals surface area contributed by atoms with Crippen LogP contribution in [0.15, 0.2) is 60.7 Å². The molecular weight excluding hydrogens is 308 g/mol. The molecule has 0 aliphatic rings. The Morgan fingerprint density at radius 3 is 1.44 bits per heavy atom. The summed E-state index contributed by atoms with van der Waals surface area (Å²) in [6.45, 7) is 4.09. The highest BCUT2D eigenvalue weighted by molar-refractivity contribution is 5.57. The molecule has 0 aliphatic heterocycles. The average Bonchev–Trinajstić information content (AvgIpc) is 3.20. The molecule has 0 amide bonds. The maximum atomic E-state index is 4.68. The molecule has 0 saturated carbocycles. The molecule has 0 spiro atoms. The number of imidazole rings is 2. The Kier molecular flexibility index (Phi) is 3.94. The normalized spacial score (nSPS) is 11.0. The molecule has 4 aromatic rings. The van der Waals surface area contributed by atoms with Gasteiger partial charge in [0.1, 0.15) is 11.6 Å². The summed E-state index contributed by atoms with van der Waals surface area (Å²) in [5.41, 5.74) is 6.48. The summed E-state index contributed by atoms with van der Waals surface area (Å²) in [6, 6.07) is 20.4. The van der Waals surface area contributed by atoms with E-state index in [-0.39, 0.29) is 0 Å². The van der Waals surface area contributed by atoms with Crippen LogP contribution in [0.3, 0.4) is 0 Å². The van der Waals surface area contributed by atoms with Crippen LogP contribution in [0.4, 0.5) is 0 Å². The van der Waals surface area contributed by atoms with Gasteiger partial charge < -0.3 is 9.97 Å². The minimum atomic E-state index is 0.761. The third-order valence-corrected chi connectivity index (χ3v) is 4.42. The van der Waals surface area contributed by atoms with E-state index in [0.717, 1.165) is 52.0 Å². The highest BCUT2D eigenvalue weighted by Gasteiger charge is 2.13. The smallest absolute Gasteiger partial charge is 0.137 e. The molecular formula is C21H20N4. The summed E-state index contributed by atoms with van der Waals surface area (Å²) in [7, 11) is 0. The van der Waals surface area contributed by atoms with Gasteiger partial charge in [-0.2, -0.15) is 0 Å². The number of hydrogen-bond donors (Lipinski definition) is 2. The Morgan fingerprint density at radius 2 is 1.04 bits per heavy atom. The van der Waals surface area contributed by atoms with E-state index in [1.807, 2.05) is 50.2 Å². The molecule has 0 aliphatic carbocycles. The summed E-state index contributed by atoms with van der Waals surface area (Å²) in [5, 5.41) is 0. The molecule has 4 rings (SSSR count). The minimum Gasteiger partial charge on any atom is -0.341 e. The van der Waals surface area contributed by atoms with Crippen LogP contribution in [-0.4, -0.2) is 19.9 Å². The van der Waals surface area contributed by atoms with Crippen molar-refractivity contribution in [1.82, 2.24) is 19.9 Å². The third-order valence-electron chi connectivity index (χ3n) is 4.42. The van der Waals surface area contributed by atoms with Crippen molar-refractivity contribution in [2.75, 3.05) is 0 Å². The van der Waals surface area contributed by atoms with Crippen molar-refractivity contribution in [3.63, 3.8) is 0 Å². The Bertz CT molecular complexity index is 900. The summed E-state index contributed by atoms with van der Waals surface area (Å²) in [4.78, 5) is 16.3. The number of aromatic nitrogens is 4. The molecule has 0 saturated heterocycles. The van der Waals surface area contributed by atoms with Gasteiger partial charge in [-0.05, 0) is 13.8 Å². The fourth-order valence-electron chi connectivity index (χ4n) is 2.98. The zero-order chi connectivity index (χ0) is 17.2. The van der Waals surface area contributed by atoms with E-state index in [0.29, 0.717) is 0 Å². The highest BCUT2D eigenvalue weighted by Crippen LogP contribution is 2.22. The van der Waals surface area contributed by atoms with Crippen molar-refractivity contribution >= 4 is 0 Å². The van der Waals surface area contributed by atoms with Gasteiger partial charge in [0, 0.05) is 28.9 Å². The molecule has 4 heteroatoms. The van der Waals surface area contributed by atoms with Crippen LogP contribution in [0, 0.1) is 13.8 Å². The molecule has 2 aromatic heterocycles. The van der Waals surface area contributed by atoms with Gasteiger partial charge in [0.25, 0.3) is 0 Å². The molecule has 124 valence electrons. The number of aryl methyl sites for hydroxylation is 2. The van der Waals surface area contributed by atoms with Crippen LogP contribution >= 0.6 is 0 Å². The lowest BCUT2D eigenvalue weighted by atomic mass is 10.2.